The minimum absolute atomic E-state index is 0.255. The van der Waals surface area contributed by atoms with E-state index in [1.54, 1.807) is 20.8 Å². The Balaban J connectivity index is 0. The van der Waals surface area contributed by atoms with E-state index < -0.39 is 5.60 Å². The van der Waals surface area contributed by atoms with Crippen molar-refractivity contribution in [3.8, 4) is 0 Å². The van der Waals surface area contributed by atoms with Gasteiger partial charge in [-0.3, -0.25) is 4.79 Å². The third-order valence-electron chi connectivity index (χ3n) is 1.54. The van der Waals surface area contributed by atoms with Gasteiger partial charge in [0.25, 0.3) is 0 Å². The molecular weight excluding hydrogens is 192 g/mol. The molecule has 0 bridgehead atoms. The predicted octanol–water partition coefficient (Wildman–Crippen LogP) is 3.87. The number of rotatable bonds is 6. The molecule has 92 valence electrons. The van der Waals surface area contributed by atoms with Crippen LogP contribution < -0.4 is 0 Å². The van der Waals surface area contributed by atoms with Gasteiger partial charge in [0.1, 0.15) is 5.60 Å². The second-order valence-corrected chi connectivity index (χ2v) is 4.45. The molecule has 0 fully saturated rings. The van der Waals surface area contributed by atoms with Crippen molar-refractivity contribution in [3.05, 3.63) is 0 Å². The molecule has 0 N–H and O–H groups in total. The van der Waals surface area contributed by atoms with Gasteiger partial charge in [-0.05, 0) is 20.8 Å². The van der Waals surface area contributed by atoms with Crippen molar-refractivity contribution in [2.75, 3.05) is 0 Å². The number of hydrogen-bond donors (Lipinski definition) is 0. The maximum Gasteiger partial charge on any atom is 0.330 e. The lowest BCUT2D eigenvalue weighted by atomic mass is 10.2. The van der Waals surface area contributed by atoms with Crippen molar-refractivity contribution in [2.45, 2.75) is 72.3 Å². The molecule has 3 nitrogen and oxygen atoms in total. The van der Waals surface area contributed by atoms with Gasteiger partial charge >= 0.3 is 6.47 Å². The van der Waals surface area contributed by atoms with Crippen LogP contribution >= 0.6 is 0 Å². The van der Waals surface area contributed by atoms with E-state index in [-0.39, 0.29) is 6.47 Å². The van der Waals surface area contributed by atoms with Crippen LogP contribution in [-0.4, -0.2) is 12.1 Å². The smallest absolute Gasteiger partial charge is 0.301 e. The summed E-state index contributed by atoms with van der Waals surface area (Å²) in [5, 5.41) is 0. The van der Waals surface area contributed by atoms with Gasteiger partial charge in [-0.25, -0.2) is 0 Å². The Bertz CT molecular complexity index is 123. The van der Waals surface area contributed by atoms with Gasteiger partial charge in [-0.2, -0.15) is 4.89 Å². The van der Waals surface area contributed by atoms with Crippen molar-refractivity contribution in [1.29, 1.82) is 0 Å². The Morgan fingerprint density at radius 1 is 1.00 bits per heavy atom. The van der Waals surface area contributed by atoms with E-state index in [0.717, 1.165) is 0 Å². The van der Waals surface area contributed by atoms with E-state index in [2.05, 4.69) is 23.6 Å². The fourth-order valence-corrected chi connectivity index (χ4v) is 0.841. The third-order valence-corrected chi connectivity index (χ3v) is 1.54. The molecule has 0 aliphatic rings. The first kappa shape index (κ1) is 16.8. The quantitative estimate of drug-likeness (QED) is 0.294. The first-order chi connectivity index (χ1) is 6.97. The molecule has 3 heteroatoms. The van der Waals surface area contributed by atoms with Gasteiger partial charge in [0.15, 0.2) is 0 Å². The van der Waals surface area contributed by atoms with E-state index in [1.807, 2.05) is 0 Å². The highest BCUT2D eigenvalue weighted by Gasteiger charge is 2.10. The van der Waals surface area contributed by atoms with Crippen molar-refractivity contribution in [2.24, 2.45) is 0 Å². The summed E-state index contributed by atoms with van der Waals surface area (Å²) in [5.74, 6) is 0. The Kier molecular flexibility index (Phi) is 12.9. The van der Waals surface area contributed by atoms with Crippen LogP contribution in [0.2, 0.25) is 0 Å². The number of unbranched alkanes of at least 4 members (excludes halogenated alkanes) is 4. The molecule has 0 amide bonds. The summed E-state index contributed by atoms with van der Waals surface area (Å²) < 4.78 is 0. The summed E-state index contributed by atoms with van der Waals surface area (Å²) in [7, 11) is 0. The number of carbonyl (C=O) groups is 1. The van der Waals surface area contributed by atoms with Crippen LogP contribution in [0.25, 0.3) is 0 Å². The van der Waals surface area contributed by atoms with E-state index in [1.165, 1.54) is 32.1 Å². The van der Waals surface area contributed by atoms with Crippen molar-refractivity contribution in [3.63, 3.8) is 0 Å². The summed E-state index contributed by atoms with van der Waals surface area (Å²) in [4.78, 5) is 18.0. The summed E-state index contributed by atoms with van der Waals surface area (Å²) in [5.41, 5.74) is -0.402. The largest absolute Gasteiger partial charge is 0.330 e. The second-order valence-electron chi connectivity index (χ2n) is 4.45. The number of carbonyl (C=O) groups excluding carboxylic acids is 1. The average molecular weight is 218 g/mol. The lowest BCUT2D eigenvalue weighted by Gasteiger charge is -2.13. The molecule has 0 heterocycles. The van der Waals surface area contributed by atoms with Crippen LogP contribution in [0, 0.1) is 0 Å². The predicted molar refractivity (Wildman–Crippen MR) is 62.4 cm³/mol. The van der Waals surface area contributed by atoms with Gasteiger partial charge in [-0.1, -0.05) is 46.0 Å². The highest BCUT2D eigenvalue weighted by Crippen LogP contribution is 2.05. The fourth-order valence-electron chi connectivity index (χ4n) is 0.841. The molecule has 0 saturated heterocycles. The van der Waals surface area contributed by atoms with Crippen LogP contribution in [0.3, 0.4) is 0 Å². The molecular formula is C12H26O3. The topological polar surface area (TPSA) is 35.5 Å². The molecule has 0 aromatic heterocycles. The molecule has 0 atom stereocenters. The van der Waals surface area contributed by atoms with E-state index in [9.17, 15) is 4.79 Å². The Labute approximate surface area is 94.1 Å². The molecule has 0 aliphatic carbocycles. The average Bonchev–Trinajstić information content (AvgIpc) is 2.16. The van der Waals surface area contributed by atoms with E-state index >= 15 is 0 Å². The maximum absolute atomic E-state index is 9.50. The van der Waals surface area contributed by atoms with Crippen molar-refractivity contribution in [1.82, 2.24) is 0 Å². The third kappa shape index (κ3) is 24.7. The summed E-state index contributed by atoms with van der Waals surface area (Å²) in [6.07, 6.45) is 7.01. The summed E-state index contributed by atoms with van der Waals surface area (Å²) in [6, 6.07) is 0. The lowest BCUT2D eigenvalue weighted by Crippen LogP contribution is -2.18. The minimum Gasteiger partial charge on any atom is -0.301 e. The Morgan fingerprint density at radius 2 is 1.47 bits per heavy atom. The zero-order valence-corrected chi connectivity index (χ0v) is 10.8. The molecule has 0 rings (SSSR count). The molecule has 0 unspecified atom stereocenters. The Hall–Kier alpha value is -0.570. The van der Waals surface area contributed by atoms with Crippen LogP contribution in [-0.2, 0) is 14.6 Å². The SMILES string of the molecule is CC(C)(C)OOC=O.CCCCCCC. The summed E-state index contributed by atoms with van der Waals surface area (Å²) in [6.45, 7) is 10.1. The van der Waals surface area contributed by atoms with Crippen LogP contribution in [0.5, 0.6) is 0 Å². The van der Waals surface area contributed by atoms with Crippen molar-refractivity contribution >= 4 is 6.47 Å². The normalized spacial score (nSPS) is 10.2. The summed E-state index contributed by atoms with van der Waals surface area (Å²) >= 11 is 0. The van der Waals surface area contributed by atoms with Gasteiger partial charge in [-0.15, -0.1) is 0 Å². The highest BCUT2D eigenvalue weighted by molar-refractivity contribution is 5.35. The number of hydrogen-bond acceptors (Lipinski definition) is 3. The molecule has 0 aromatic rings. The molecule has 0 saturated carbocycles. The standard InChI is InChI=1S/C7H16.C5H10O3/c1-3-5-7-6-4-2;1-5(2,3)8-7-4-6/h3-7H2,1-2H3;4H,1-3H3. The first-order valence-corrected chi connectivity index (χ1v) is 5.76. The molecule has 0 spiro atoms. The van der Waals surface area contributed by atoms with Gasteiger partial charge < -0.3 is 4.89 Å². The Morgan fingerprint density at radius 3 is 1.67 bits per heavy atom. The zero-order chi connectivity index (χ0) is 12.2. The van der Waals surface area contributed by atoms with E-state index in [4.69, 9.17) is 0 Å². The highest BCUT2D eigenvalue weighted by atomic mass is 17.2. The van der Waals surface area contributed by atoms with Crippen LogP contribution in [0.4, 0.5) is 0 Å². The van der Waals surface area contributed by atoms with E-state index in [0.29, 0.717) is 0 Å². The van der Waals surface area contributed by atoms with Crippen molar-refractivity contribution < 1.29 is 14.6 Å². The second kappa shape index (κ2) is 11.5. The molecule has 15 heavy (non-hydrogen) atoms. The minimum atomic E-state index is -0.402. The molecule has 0 aliphatic heterocycles. The lowest BCUT2D eigenvalue weighted by molar-refractivity contribution is -0.310. The van der Waals surface area contributed by atoms with Gasteiger partial charge in [0.2, 0.25) is 0 Å². The first-order valence-electron chi connectivity index (χ1n) is 5.76. The van der Waals surface area contributed by atoms with Gasteiger partial charge in [0.05, 0.1) is 0 Å². The molecule has 0 radical (unpaired) electrons. The zero-order valence-electron chi connectivity index (χ0n) is 10.8. The van der Waals surface area contributed by atoms with Crippen LogP contribution in [0.1, 0.15) is 66.7 Å². The molecule has 0 aromatic carbocycles. The van der Waals surface area contributed by atoms with Gasteiger partial charge in [0, 0.05) is 0 Å². The maximum atomic E-state index is 9.50. The fraction of sp³-hybridized carbons (Fsp3) is 0.917. The van der Waals surface area contributed by atoms with Crippen LogP contribution in [0.15, 0.2) is 0 Å². The monoisotopic (exact) mass is 218 g/mol.